The minimum absolute atomic E-state index is 0.00662. The number of nitriles is 1. The molecule has 1 aliphatic heterocycles. The number of hydrogen-bond donors (Lipinski definition) is 0. The maximum Gasteiger partial charge on any atom is 0.314 e. The molecule has 0 saturated carbocycles. The van der Waals surface area contributed by atoms with Crippen LogP contribution in [0.1, 0.15) is 33.8 Å². The van der Waals surface area contributed by atoms with E-state index in [9.17, 15) is 27.6 Å². The van der Waals surface area contributed by atoms with Crippen molar-refractivity contribution in [2.75, 3.05) is 4.90 Å². The van der Waals surface area contributed by atoms with E-state index >= 15 is 0 Å². The van der Waals surface area contributed by atoms with Crippen LogP contribution in [0.5, 0.6) is 0 Å². The monoisotopic (exact) mass is 464 g/mol. The molecule has 1 amide bonds. The maximum absolute atomic E-state index is 14.9. The first kappa shape index (κ1) is 21.3. The third-order valence-electron chi connectivity index (χ3n) is 5.41. The number of amides is 1. The van der Waals surface area contributed by atoms with Crippen LogP contribution in [0.4, 0.5) is 23.2 Å². The molecule has 0 bridgehead atoms. The molecule has 0 saturated heterocycles. The van der Waals surface area contributed by atoms with Gasteiger partial charge in [-0.3, -0.25) is 4.79 Å². The van der Waals surface area contributed by atoms with Crippen molar-refractivity contribution in [3.8, 4) is 28.7 Å². The Hall–Kier alpha value is -4.52. The fourth-order valence-corrected chi connectivity index (χ4v) is 3.85. The lowest BCUT2D eigenvalue weighted by Crippen LogP contribution is -2.23. The predicted molar refractivity (Wildman–Crippen MR) is 112 cm³/mol. The molecule has 3 aromatic carbocycles. The molecule has 4 aromatic rings. The zero-order valence-electron chi connectivity index (χ0n) is 17.1. The summed E-state index contributed by atoms with van der Waals surface area (Å²) in [6.45, 7) is -0.136. The van der Waals surface area contributed by atoms with E-state index in [1.54, 1.807) is 24.3 Å². The Morgan fingerprint density at radius 3 is 2.56 bits per heavy atom. The Labute approximate surface area is 189 Å². The van der Waals surface area contributed by atoms with Crippen molar-refractivity contribution in [3.63, 3.8) is 0 Å². The molecule has 1 aromatic heterocycles. The minimum Gasteiger partial charge on any atom is -0.415 e. The number of alkyl halides is 2. The molecule has 0 N–H and O–H groups in total. The van der Waals surface area contributed by atoms with Gasteiger partial charge in [-0.2, -0.15) is 14.0 Å². The molecule has 0 spiro atoms. The van der Waals surface area contributed by atoms with Gasteiger partial charge >= 0.3 is 6.43 Å². The number of anilines is 1. The first-order chi connectivity index (χ1) is 16.4. The molecule has 5 rings (SSSR count). The molecule has 168 valence electrons. The zero-order chi connectivity index (χ0) is 24.0. The fourth-order valence-electron chi connectivity index (χ4n) is 3.85. The summed E-state index contributed by atoms with van der Waals surface area (Å²) < 4.78 is 59.5. The fraction of sp³-hybridized carbons (Fsp3) is 0.0833. The molecule has 6 nitrogen and oxygen atoms in total. The molecule has 2 heterocycles. The zero-order valence-corrected chi connectivity index (χ0v) is 17.1. The average Bonchev–Trinajstić information content (AvgIpc) is 3.45. The van der Waals surface area contributed by atoms with Gasteiger partial charge in [-0.1, -0.05) is 12.1 Å². The number of nitrogens with zero attached hydrogens (tertiary/aromatic N) is 4. The Kier molecular flexibility index (Phi) is 5.09. The number of hydrogen-bond acceptors (Lipinski definition) is 5. The largest absolute Gasteiger partial charge is 0.415 e. The van der Waals surface area contributed by atoms with Crippen molar-refractivity contribution >= 4 is 11.6 Å². The van der Waals surface area contributed by atoms with Crippen LogP contribution in [0.2, 0.25) is 0 Å². The Morgan fingerprint density at radius 2 is 1.82 bits per heavy atom. The van der Waals surface area contributed by atoms with E-state index in [1.807, 2.05) is 6.07 Å². The lowest BCUT2D eigenvalue weighted by atomic mass is 10.0. The highest BCUT2D eigenvalue weighted by atomic mass is 19.3. The third-order valence-corrected chi connectivity index (χ3v) is 5.41. The number of carbonyl (C=O) groups excluding carboxylic acids is 1. The van der Waals surface area contributed by atoms with E-state index in [4.69, 9.17) is 4.42 Å². The van der Waals surface area contributed by atoms with Crippen LogP contribution in [0.25, 0.3) is 22.6 Å². The Balaban J connectivity index is 1.57. The lowest BCUT2D eigenvalue weighted by Gasteiger charge is -2.20. The first-order valence-electron chi connectivity index (χ1n) is 9.92. The van der Waals surface area contributed by atoms with Crippen LogP contribution in [0.3, 0.4) is 0 Å². The third kappa shape index (κ3) is 3.57. The van der Waals surface area contributed by atoms with Gasteiger partial charge in [-0.25, -0.2) is 8.78 Å². The number of carbonyl (C=O) groups is 1. The van der Waals surface area contributed by atoms with Crippen molar-refractivity contribution in [2.24, 2.45) is 0 Å². The smallest absolute Gasteiger partial charge is 0.314 e. The summed E-state index contributed by atoms with van der Waals surface area (Å²) in [5.74, 6) is -3.15. The minimum atomic E-state index is -2.99. The number of aromatic nitrogens is 2. The highest BCUT2D eigenvalue weighted by Crippen LogP contribution is 2.39. The molecule has 10 heteroatoms. The predicted octanol–water partition coefficient (Wildman–Crippen LogP) is 5.65. The van der Waals surface area contributed by atoms with Crippen molar-refractivity contribution in [2.45, 2.75) is 13.0 Å². The standard InChI is InChI=1S/C24H12F4N4O2/c25-15-4-5-20(16(9-15)13-3-1-2-12(6-13)10-29)32-11-18-17(24(32)33)7-14(8-19(18)26)22-30-31-23(34-22)21(27)28/h1-9,21H,11H2. The van der Waals surface area contributed by atoms with Crippen molar-refractivity contribution in [1.29, 1.82) is 5.26 Å². The van der Waals surface area contributed by atoms with E-state index in [2.05, 4.69) is 10.2 Å². The van der Waals surface area contributed by atoms with Gasteiger partial charge in [0.15, 0.2) is 0 Å². The van der Waals surface area contributed by atoms with Crippen LogP contribution < -0.4 is 4.90 Å². The van der Waals surface area contributed by atoms with E-state index < -0.39 is 29.9 Å². The van der Waals surface area contributed by atoms with Crippen LogP contribution in [0, 0.1) is 23.0 Å². The van der Waals surface area contributed by atoms with E-state index in [-0.39, 0.29) is 29.1 Å². The van der Waals surface area contributed by atoms with Crippen LogP contribution >= 0.6 is 0 Å². The van der Waals surface area contributed by atoms with E-state index in [1.165, 1.54) is 29.2 Å². The van der Waals surface area contributed by atoms with Crippen molar-refractivity contribution in [1.82, 2.24) is 10.2 Å². The van der Waals surface area contributed by atoms with Crippen molar-refractivity contribution < 1.29 is 26.8 Å². The highest BCUT2D eigenvalue weighted by Gasteiger charge is 2.34. The number of rotatable bonds is 4. The Bertz CT molecular complexity index is 1490. The van der Waals surface area contributed by atoms with Crippen LogP contribution in [-0.4, -0.2) is 16.1 Å². The van der Waals surface area contributed by atoms with Gasteiger partial charge in [0.2, 0.25) is 5.89 Å². The molecule has 0 atom stereocenters. The second-order valence-corrected chi connectivity index (χ2v) is 7.48. The molecule has 1 aliphatic rings. The molecule has 0 radical (unpaired) electrons. The Morgan fingerprint density at radius 1 is 1.00 bits per heavy atom. The van der Waals surface area contributed by atoms with Gasteiger partial charge in [0.25, 0.3) is 11.8 Å². The average molecular weight is 464 g/mol. The van der Waals surface area contributed by atoms with Gasteiger partial charge in [0, 0.05) is 22.3 Å². The summed E-state index contributed by atoms with van der Waals surface area (Å²) >= 11 is 0. The van der Waals surface area contributed by atoms with Gasteiger partial charge < -0.3 is 9.32 Å². The van der Waals surface area contributed by atoms with Gasteiger partial charge in [0.1, 0.15) is 11.6 Å². The quantitative estimate of drug-likeness (QED) is 0.365. The first-order valence-corrected chi connectivity index (χ1v) is 9.92. The molecular weight excluding hydrogens is 452 g/mol. The molecule has 0 aliphatic carbocycles. The number of benzene rings is 3. The second-order valence-electron chi connectivity index (χ2n) is 7.48. The topological polar surface area (TPSA) is 83.0 Å². The van der Waals surface area contributed by atoms with Gasteiger partial charge in [-0.15, -0.1) is 10.2 Å². The van der Waals surface area contributed by atoms with Gasteiger partial charge in [0.05, 0.1) is 23.9 Å². The molecule has 0 unspecified atom stereocenters. The molecule has 34 heavy (non-hydrogen) atoms. The lowest BCUT2D eigenvalue weighted by molar-refractivity contribution is 0.0996. The maximum atomic E-state index is 14.9. The highest BCUT2D eigenvalue weighted by molar-refractivity contribution is 6.12. The molecule has 0 fully saturated rings. The van der Waals surface area contributed by atoms with E-state index in [0.29, 0.717) is 22.4 Å². The van der Waals surface area contributed by atoms with E-state index in [0.717, 1.165) is 6.07 Å². The number of halogens is 4. The van der Waals surface area contributed by atoms with Gasteiger partial charge in [-0.05, 0) is 48.0 Å². The normalized spacial score (nSPS) is 12.8. The second kappa shape index (κ2) is 8.12. The summed E-state index contributed by atoms with van der Waals surface area (Å²) in [6.07, 6.45) is -2.99. The SMILES string of the molecule is N#Cc1cccc(-c2cc(F)ccc2N2Cc3c(F)cc(-c4nnc(C(F)F)o4)cc3C2=O)c1. The summed E-state index contributed by atoms with van der Waals surface area (Å²) in [7, 11) is 0. The number of fused-ring (bicyclic) bond motifs is 1. The van der Waals surface area contributed by atoms with Crippen molar-refractivity contribution in [3.05, 3.63) is 88.8 Å². The van der Waals surface area contributed by atoms with Crippen LogP contribution in [0.15, 0.2) is 59.0 Å². The van der Waals surface area contributed by atoms with Crippen LogP contribution in [-0.2, 0) is 6.54 Å². The summed E-state index contributed by atoms with van der Waals surface area (Å²) in [5.41, 5.74) is 1.57. The molecular formula is C24H12F4N4O2. The summed E-state index contributed by atoms with van der Waals surface area (Å²) in [4.78, 5) is 14.5. The summed E-state index contributed by atoms with van der Waals surface area (Å²) in [5, 5.41) is 15.9. The summed E-state index contributed by atoms with van der Waals surface area (Å²) in [6, 6.07) is 14.6.